The van der Waals surface area contributed by atoms with Crippen molar-refractivity contribution in [2.75, 3.05) is 52.9 Å². The van der Waals surface area contributed by atoms with Crippen LogP contribution in [0.3, 0.4) is 0 Å². The molecule has 0 amide bonds. The van der Waals surface area contributed by atoms with Crippen molar-refractivity contribution in [2.45, 2.75) is 43.2 Å². The van der Waals surface area contributed by atoms with Crippen molar-refractivity contribution in [3.8, 4) is 0 Å². The molecule has 2 aliphatic heterocycles. The largest absolute Gasteiger partial charge is 0.395 e. The number of fused-ring (bicyclic) bond motifs is 2. The van der Waals surface area contributed by atoms with Gasteiger partial charge in [0.15, 0.2) is 0 Å². The third kappa shape index (κ3) is 3.56. The average molecular weight is 374 g/mol. The highest BCUT2D eigenvalue weighted by atomic mass is 16.3. The molecular formula is C22H35N3O2. The summed E-state index contributed by atoms with van der Waals surface area (Å²) in [7, 11) is 2.20. The van der Waals surface area contributed by atoms with Gasteiger partial charge >= 0.3 is 0 Å². The van der Waals surface area contributed by atoms with Gasteiger partial charge in [0.25, 0.3) is 0 Å². The summed E-state index contributed by atoms with van der Waals surface area (Å²) in [5.74, 6) is 0.675. The normalized spacial score (nSPS) is 28.7. The zero-order valence-corrected chi connectivity index (χ0v) is 16.6. The van der Waals surface area contributed by atoms with Crippen molar-refractivity contribution < 1.29 is 10.2 Å². The van der Waals surface area contributed by atoms with Crippen molar-refractivity contribution in [1.82, 2.24) is 15.1 Å². The van der Waals surface area contributed by atoms with Crippen LogP contribution in [-0.4, -0.2) is 79.0 Å². The molecule has 1 aromatic rings. The van der Waals surface area contributed by atoms with E-state index in [0.29, 0.717) is 5.92 Å². The summed E-state index contributed by atoms with van der Waals surface area (Å²) in [6, 6.07) is 8.86. The van der Waals surface area contributed by atoms with Crippen LogP contribution in [0, 0.1) is 5.92 Å². The number of nitrogens with one attached hydrogen (secondary N) is 1. The van der Waals surface area contributed by atoms with Crippen LogP contribution < -0.4 is 5.32 Å². The van der Waals surface area contributed by atoms with Gasteiger partial charge in [-0.05, 0) is 76.0 Å². The Labute approximate surface area is 163 Å². The Morgan fingerprint density at radius 1 is 1.19 bits per heavy atom. The van der Waals surface area contributed by atoms with E-state index in [-0.39, 0.29) is 24.2 Å². The van der Waals surface area contributed by atoms with Crippen LogP contribution in [0.5, 0.6) is 0 Å². The van der Waals surface area contributed by atoms with E-state index in [1.165, 1.54) is 24.0 Å². The maximum Gasteiger partial charge on any atom is 0.0834 e. The maximum absolute atomic E-state index is 11.5. The summed E-state index contributed by atoms with van der Waals surface area (Å²) in [6.45, 7) is 6.24. The molecule has 2 saturated heterocycles. The molecule has 4 rings (SSSR count). The number of benzene rings is 1. The lowest BCUT2D eigenvalue weighted by Gasteiger charge is -2.41. The van der Waals surface area contributed by atoms with Crippen LogP contribution in [0.25, 0.3) is 0 Å². The molecule has 1 aromatic carbocycles. The van der Waals surface area contributed by atoms with E-state index in [1.807, 2.05) is 0 Å². The molecule has 5 heteroatoms. The van der Waals surface area contributed by atoms with Gasteiger partial charge < -0.3 is 20.4 Å². The monoisotopic (exact) mass is 373 g/mol. The minimum Gasteiger partial charge on any atom is -0.395 e. The molecule has 150 valence electrons. The van der Waals surface area contributed by atoms with Gasteiger partial charge in [-0.3, -0.25) is 4.90 Å². The van der Waals surface area contributed by atoms with Gasteiger partial charge in [0.1, 0.15) is 0 Å². The number of hydrogen-bond acceptors (Lipinski definition) is 5. The van der Waals surface area contributed by atoms with Crippen LogP contribution in [0.4, 0.5) is 0 Å². The van der Waals surface area contributed by atoms with E-state index in [0.717, 1.165) is 52.1 Å². The number of rotatable bonds is 5. The first-order chi connectivity index (χ1) is 13.2. The highest BCUT2D eigenvalue weighted by Crippen LogP contribution is 2.51. The third-order valence-corrected chi connectivity index (χ3v) is 7.32. The Bertz CT molecular complexity index is 624. The number of aliphatic hydroxyl groups is 2. The second kappa shape index (κ2) is 8.18. The van der Waals surface area contributed by atoms with Gasteiger partial charge in [0.05, 0.1) is 18.8 Å². The van der Waals surface area contributed by atoms with Gasteiger partial charge in [-0.25, -0.2) is 0 Å². The van der Waals surface area contributed by atoms with E-state index in [2.05, 4.69) is 46.4 Å². The predicted octanol–water partition coefficient (Wildman–Crippen LogP) is 1.36. The fourth-order valence-electron chi connectivity index (χ4n) is 5.81. The number of likely N-dealkylation sites (N-methyl/N-ethyl adjacent to an activating group) is 1. The Morgan fingerprint density at radius 2 is 1.89 bits per heavy atom. The Kier molecular flexibility index (Phi) is 5.86. The van der Waals surface area contributed by atoms with Crippen LogP contribution >= 0.6 is 0 Å². The molecule has 2 atom stereocenters. The second-order valence-corrected chi connectivity index (χ2v) is 8.83. The topological polar surface area (TPSA) is 59.0 Å². The maximum atomic E-state index is 11.5. The van der Waals surface area contributed by atoms with E-state index in [4.69, 9.17) is 5.11 Å². The highest BCUT2D eigenvalue weighted by molar-refractivity contribution is 5.45. The van der Waals surface area contributed by atoms with Gasteiger partial charge in [-0.2, -0.15) is 0 Å². The van der Waals surface area contributed by atoms with Gasteiger partial charge in [-0.15, -0.1) is 0 Å². The van der Waals surface area contributed by atoms with Crippen molar-refractivity contribution in [2.24, 2.45) is 5.92 Å². The van der Waals surface area contributed by atoms with Crippen LogP contribution in [0.2, 0.25) is 0 Å². The lowest BCUT2D eigenvalue weighted by molar-refractivity contribution is -0.00105. The van der Waals surface area contributed by atoms with E-state index < -0.39 is 0 Å². The average Bonchev–Trinajstić information content (AvgIpc) is 2.93. The number of piperidine rings is 2. The van der Waals surface area contributed by atoms with Gasteiger partial charge in [0.2, 0.25) is 0 Å². The number of nitrogens with zero attached hydrogens (tertiary/aromatic N) is 2. The first-order valence-corrected chi connectivity index (χ1v) is 10.7. The lowest BCUT2D eigenvalue weighted by atomic mass is 9.72. The molecule has 1 aliphatic carbocycles. The molecular weight excluding hydrogens is 338 g/mol. The Hall–Kier alpha value is -0.980. The minimum absolute atomic E-state index is 0.0781. The fraction of sp³-hybridized carbons (Fsp3) is 0.727. The van der Waals surface area contributed by atoms with Gasteiger partial charge in [0, 0.05) is 18.5 Å². The lowest BCUT2D eigenvalue weighted by Crippen LogP contribution is -2.49. The molecule has 0 bridgehead atoms. The first-order valence-electron chi connectivity index (χ1n) is 10.7. The quantitative estimate of drug-likeness (QED) is 0.728. The van der Waals surface area contributed by atoms with Crippen molar-refractivity contribution in [3.63, 3.8) is 0 Å². The fourth-order valence-corrected chi connectivity index (χ4v) is 5.81. The van der Waals surface area contributed by atoms with Crippen molar-refractivity contribution >= 4 is 0 Å². The predicted molar refractivity (Wildman–Crippen MR) is 108 cm³/mol. The molecule has 0 radical (unpaired) electrons. The van der Waals surface area contributed by atoms with Crippen molar-refractivity contribution in [1.29, 1.82) is 0 Å². The minimum atomic E-state index is -0.323. The van der Waals surface area contributed by atoms with E-state index >= 15 is 0 Å². The molecule has 0 aromatic heterocycles. The van der Waals surface area contributed by atoms with E-state index in [9.17, 15) is 5.11 Å². The van der Waals surface area contributed by atoms with E-state index in [1.54, 1.807) is 0 Å². The highest BCUT2D eigenvalue weighted by Gasteiger charge is 2.52. The van der Waals surface area contributed by atoms with Gasteiger partial charge in [-0.1, -0.05) is 24.3 Å². The molecule has 27 heavy (non-hydrogen) atoms. The second-order valence-electron chi connectivity index (χ2n) is 8.83. The smallest absolute Gasteiger partial charge is 0.0834 e. The number of likely N-dealkylation sites (tertiary alicyclic amines) is 1. The Balaban J connectivity index is 1.48. The molecule has 2 heterocycles. The van der Waals surface area contributed by atoms with Crippen LogP contribution in [-0.2, 0) is 5.41 Å². The summed E-state index contributed by atoms with van der Waals surface area (Å²) < 4.78 is 0. The summed E-state index contributed by atoms with van der Waals surface area (Å²) in [5.41, 5.74) is 2.64. The molecule has 5 nitrogen and oxygen atoms in total. The van der Waals surface area contributed by atoms with Crippen LogP contribution in [0.15, 0.2) is 24.3 Å². The molecule has 2 fully saturated rings. The zero-order valence-electron chi connectivity index (χ0n) is 16.6. The number of β-amino-alcohol motifs (C(OH)–C–C–N with tert-alkyl or cyclic N) is 1. The molecule has 3 N–H and O–H groups in total. The summed E-state index contributed by atoms with van der Waals surface area (Å²) in [4.78, 5) is 4.78. The molecule has 1 spiro atoms. The number of hydrogen-bond donors (Lipinski definition) is 3. The zero-order chi connectivity index (χ0) is 18.9. The number of aliphatic hydroxyl groups excluding tert-OH is 2. The molecule has 0 unspecified atom stereocenters. The standard InChI is InChI=1S/C22H35N3O2/c1-24(16-17-6-12-25(13-7-17)14-15-26)20-18-4-2-3-5-19(18)22(21(20)27)8-10-23-11-9-22/h2-5,17,20-21,23,26-27H,6-16H2,1H3/t20-,21+/m1/s1. The Morgan fingerprint density at radius 3 is 2.59 bits per heavy atom. The molecule has 3 aliphatic rings. The summed E-state index contributed by atoms with van der Waals surface area (Å²) in [5, 5.41) is 24.1. The summed E-state index contributed by atoms with van der Waals surface area (Å²) >= 11 is 0. The third-order valence-electron chi connectivity index (χ3n) is 7.32. The SMILES string of the molecule is CN(CC1CCN(CCO)CC1)[C@@H]1c2ccccc2C2(CCNCC2)[C@H]1O. The molecule has 0 saturated carbocycles. The summed E-state index contributed by atoms with van der Waals surface area (Å²) in [6.07, 6.45) is 4.09. The van der Waals surface area contributed by atoms with Crippen LogP contribution in [0.1, 0.15) is 42.9 Å². The van der Waals surface area contributed by atoms with Crippen molar-refractivity contribution in [3.05, 3.63) is 35.4 Å². The first kappa shape index (κ1) is 19.3.